The molecule has 0 aliphatic heterocycles. The van der Waals surface area contributed by atoms with Gasteiger partial charge in [-0.3, -0.25) is 0 Å². The summed E-state index contributed by atoms with van der Waals surface area (Å²) in [7, 11) is -1.02. The molecule has 0 nitrogen and oxygen atoms in total. The van der Waals surface area contributed by atoms with Gasteiger partial charge >= 0.3 is 0 Å². The Morgan fingerprint density at radius 2 is 1.71 bits per heavy atom. The van der Waals surface area contributed by atoms with E-state index in [-0.39, 0.29) is 0 Å². The molecule has 1 fully saturated rings. The van der Waals surface area contributed by atoms with Gasteiger partial charge in [-0.15, -0.1) is 0 Å². The Labute approximate surface area is 109 Å². The Kier molecular flexibility index (Phi) is 3.87. The highest BCUT2D eigenvalue weighted by molar-refractivity contribution is 6.81. The van der Waals surface area contributed by atoms with Crippen LogP contribution in [0.4, 0.5) is 0 Å². The van der Waals surface area contributed by atoms with Crippen LogP contribution in [0, 0.1) is 17.8 Å². The van der Waals surface area contributed by atoms with Crippen LogP contribution in [-0.2, 0) is 0 Å². The predicted octanol–water partition coefficient (Wildman–Crippen LogP) is 5.49. The Balaban J connectivity index is 1.90. The van der Waals surface area contributed by atoms with Crippen LogP contribution in [0.5, 0.6) is 0 Å². The second-order valence-electron chi connectivity index (χ2n) is 7.39. The largest absolute Gasteiger partial charge is 0.0851 e. The second-order valence-corrected chi connectivity index (χ2v) is 13.2. The molecule has 3 atom stereocenters. The molecule has 0 heterocycles. The third kappa shape index (κ3) is 2.54. The molecule has 2 aliphatic carbocycles. The Hall–Kier alpha value is -0.0431. The number of allylic oxidation sites excluding steroid dienone is 2. The first-order valence-electron chi connectivity index (χ1n) is 7.61. The van der Waals surface area contributed by atoms with Crippen LogP contribution >= 0.6 is 0 Å². The average molecular weight is 251 g/mol. The van der Waals surface area contributed by atoms with E-state index in [1.54, 1.807) is 6.04 Å². The summed E-state index contributed by atoms with van der Waals surface area (Å²) in [5.74, 6) is 2.95. The zero-order valence-corrected chi connectivity index (χ0v) is 13.4. The van der Waals surface area contributed by atoms with Gasteiger partial charge in [0.25, 0.3) is 0 Å². The third-order valence-corrected chi connectivity index (χ3v) is 12.7. The monoisotopic (exact) mass is 250 g/mol. The molecule has 0 aromatic rings. The molecular weight excluding hydrogens is 220 g/mol. The lowest BCUT2D eigenvalue weighted by Crippen LogP contribution is -2.37. The minimum atomic E-state index is -1.02. The molecule has 1 heteroatoms. The van der Waals surface area contributed by atoms with E-state index in [4.69, 9.17) is 0 Å². The van der Waals surface area contributed by atoms with Gasteiger partial charge in [-0.25, -0.2) is 0 Å². The van der Waals surface area contributed by atoms with E-state index in [0.29, 0.717) is 0 Å². The van der Waals surface area contributed by atoms with Crippen molar-refractivity contribution < 1.29 is 0 Å². The molecule has 3 unspecified atom stereocenters. The average Bonchev–Trinajstić information content (AvgIpc) is 2.86. The van der Waals surface area contributed by atoms with Gasteiger partial charge < -0.3 is 0 Å². The number of fused-ring (bicyclic) bond motifs is 2. The Morgan fingerprint density at radius 1 is 1.06 bits per heavy atom. The number of rotatable bonds is 5. The van der Waals surface area contributed by atoms with Gasteiger partial charge in [0, 0.05) is 0 Å². The summed E-state index contributed by atoms with van der Waals surface area (Å²) in [5, 5.41) is 0. The molecule has 0 saturated heterocycles. The minimum Gasteiger partial charge on any atom is -0.0851 e. The van der Waals surface area contributed by atoms with E-state index < -0.39 is 8.07 Å². The van der Waals surface area contributed by atoms with Crippen molar-refractivity contribution in [1.29, 1.82) is 0 Å². The topological polar surface area (TPSA) is 0 Å². The smallest absolute Gasteiger partial charge is 0.0556 e. The molecular formula is C16H30Si. The maximum atomic E-state index is 2.64. The van der Waals surface area contributed by atoms with Gasteiger partial charge in [0.15, 0.2) is 0 Å². The minimum absolute atomic E-state index is 0.941. The first-order valence-corrected chi connectivity index (χ1v) is 10.5. The first-order chi connectivity index (χ1) is 7.93. The van der Waals surface area contributed by atoms with Crippen LogP contribution < -0.4 is 0 Å². The van der Waals surface area contributed by atoms with Crippen LogP contribution in [0.15, 0.2) is 12.2 Å². The van der Waals surface area contributed by atoms with E-state index in [9.17, 15) is 0 Å². The molecule has 2 bridgehead atoms. The molecule has 0 N–H and O–H groups in total. The van der Waals surface area contributed by atoms with E-state index in [1.165, 1.54) is 19.3 Å². The fraction of sp³-hybridized carbons (Fsp3) is 0.875. The molecule has 2 rings (SSSR count). The fourth-order valence-corrected chi connectivity index (χ4v) is 7.45. The van der Waals surface area contributed by atoms with Crippen molar-refractivity contribution in [3.63, 3.8) is 0 Å². The first kappa shape index (κ1) is 13.4. The highest BCUT2D eigenvalue weighted by atomic mass is 28.3. The van der Waals surface area contributed by atoms with Crippen LogP contribution in [-0.4, -0.2) is 8.07 Å². The normalized spacial score (nSPS) is 32.1. The van der Waals surface area contributed by atoms with Gasteiger partial charge in [0.1, 0.15) is 0 Å². The lowest BCUT2D eigenvalue weighted by molar-refractivity contribution is 0.430. The van der Waals surface area contributed by atoms with Crippen LogP contribution in [0.1, 0.15) is 47.0 Å². The molecule has 2 aliphatic rings. The quantitative estimate of drug-likeness (QED) is 0.447. The van der Waals surface area contributed by atoms with Crippen molar-refractivity contribution in [1.82, 2.24) is 0 Å². The lowest BCUT2D eigenvalue weighted by atomic mass is 9.91. The van der Waals surface area contributed by atoms with Gasteiger partial charge in [-0.1, -0.05) is 69.9 Å². The van der Waals surface area contributed by atoms with Crippen LogP contribution in [0.2, 0.25) is 23.7 Å². The molecule has 98 valence electrons. The standard InChI is InChI=1S/C16H30Si/c1-12(2)17(5,13(3)4)9-8-16-11-14-6-7-15(16)10-14/h6-7,12-16H,8-11H2,1-5H3. The predicted molar refractivity (Wildman–Crippen MR) is 80.1 cm³/mol. The highest BCUT2D eigenvalue weighted by Crippen LogP contribution is 2.47. The van der Waals surface area contributed by atoms with Gasteiger partial charge in [0.05, 0.1) is 8.07 Å². The highest BCUT2D eigenvalue weighted by Gasteiger charge is 2.39. The summed E-state index contributed by atoms with van der Waals surface area (Å²) in [4.78, 5) is 0. The summed E-state index contributed by atoms with van der Waals surface area (Å²) in [5.41, 5.74) is 1.88. The Morgan fingerprint density at radius 3 is 2.12 bits per heavy atom. The van der Waals surface area contributed by atoms with Crippen LogP contribution in [0.25, 0.3) is 0 Å². The zero-order valence-electron chi connectivity index (χ0n) is 12.4. The summed E-state index contributed by atoms with van der Waals surface area (Å²) in [6.45, 7) is 12.5. The van der Waals surface area contributed by atoms with E-state index in [1.807, 2.05) is 0 Å². The zero-order chi connectivity index (χ0) is 12.6. The van der Waals surface area contributed by atoms with Crippen molar-refractivity contribution in [2.75, 3.05) is 0 Å². The van der Waals surface area contributed by atoms with Crippen molar-refractivity contribution in [3.8, 4) is 0 Å². The molecule has 0 spiro atoms. The van der Waals surface area contributed by atoms with E-state index in [2.05, 4.69) is 46.4 Å². The molecule has 0 radical (unpaired) electrons. The summed E-state index contributed by atoms with van der Waals surface area (Å²) in [6, 6.07) is 1.56. The number of hydrogen-bond donors (Lipinski definition) is 0. The summed E-state index contributed by atoms with van der Waals surface area (Å²) < 4.78 is 0. The SMILES string of the molecule is CC(C)[Si](C)(CCC1CC2C=CC1C2)C(C)C. The van der Waals surface area contributed by atoms with Crippen molar-refractivity contribution in [3.05, 3.63) is 12.2 Å². The molecule has 17 heavy (non-hydrogen) atoms. The number of hydrogen-bond acceptors (Lipinski definition) is 0. The van der Waals surface area contributed by atoms with Crippen molar-refractivity contribution in [2.24, 2.45) is 17.8 Å². The van der Waals surface area contributed by atoms with Gasteiger partial charge in [0.2, 0.25) is 0 Å². The van der Waals surface area contributed by atoms with E-state index in [0.717, 1.165) is 28.8 Å². The van der Waals surface area contributed by atoms with Gasteiger partial charge in [-0.05, 0) is 30.6 Å². The van der Waals surface area contributed by atoms with Gasteiger partial charge in [-0.2, -0.15) is 0 Å². The summed E-state index contributed by atoms with van der Waals surface area (Å²) in [6.07, 6.45) is 9.49. The maximum Gasteiger partial charge on any atom is 0.0556 e. The van der Waals surface area contributed by atoms with E-state index >= 15 is 0 Å². The lowest BCUT2D eigenvalue weighted by Gasteiger charge is -2.37. The third-order valence-electron chi connectivity index (χ3n) is 6.11. The molecule has 1 saturated carbocycles. The van der Waals surface area contributed by atoms with Crippen LogP contribution in [0.3, 0.4) is 0 Å². The van der Waals surface area contributed by atoms with Crippen molar-refractivity contribution >= 4 is 8.07 Å². The molecule has 0 aromatic heterocycles. The molecule has 0 amide bonds. The fourth-order valence-electron chi connectivity index (χ4n) is 3.97. The summed E-state index contributed by atoms with van der Waals surface area (Å²) >= 11 is 0. The Bertz CT molecular complexity index is 282. The maximum absolute atomic E-state index is 2.64. The molecule has 0 aromatic carbocycles. The van der Waals surface area contributed by atoms with Crippen molar-refractivity contribution in [2.45, 2.75) is 70.6 Å². The second kappa shape index (κ2) is 4.91.